The number of fused-ring (bicyclic) bond motifs is 1. The van der Waals surface area contributed by atoms with E-state index in [0.717, 1.165) is 32.8 Å². The maximum Gasteiger partial charge on any atom is 0.0755 e. The van der Waals surface area contributed by atoms with Gasteiger partial charge in [0.15, 0.2) is 0 Å². The van der Waals surface area contributed by atoms with Gasteiger partial charge in [-0.1, -0.05) is 19.8 Å². The highest BCUT2D eigenvalue weighted by molar-refractivity contribution is 5.16. The van der Waals surface area contributed by atoms with Crippen molar-refractivity contribution in [1.29, 1.82) is 0 Å². The first-order chi connectivity index (χ1) is 11.7. The van der Waals surface area contributed by atoms with E-state index < -0.39 is 0 Å². The minimum atomic E-state index is 0.423. The number of likely N-dealkylation sites (N-methyl/N-ethyl adjacent to an activating group) is 1. The molecular formula is C19H32N4O. The van der Waals surface area contributed by atoms with Crippen LogP contribution in [0.4, 0.5) is 0 Å². The number of aryl methyl sites for hydroxylation is 1. The fourth-order valence-electron chi connectivity index (χ4n) is 4.74. The fourth-order valence-corrected chi connectivity index (χ4v) is 4.74. The summed E-state index contributed by atoms with van der Waals surface area (Å²) in [6.45, 7) is 10.9. The molecule has 0 aromatic carbocycles. The van der Waals surface area contributed by atoms with Crippen LogP contribution >= 0.6 is 0 Å². The molecule has 3 aliphatic rings. The Balaban J connectivity index is 1.47. The summed E-state index contributed by atoms with van der Waals surface area (Å²) >= 11 is 0. The third kappa shape index (κ3) is 3.26. The van der Waals surface area contributed by atoms with Crippen molar-refractivity contribution in [3.8, 4) is 0 Å². The number of morpholine rings is 1. The first-order valence-corrected chi connectivity index (χ1v) is 9.87. The van der Waals surface area contributed by atoms with E-state index >= 15 is 0 Å². The van der Waals surface area contributed by atoms with Crippen LogP contribution < -0.4 is 0 Å². The van der Waals surface area contributed by atoms with Crippen LogP contribution in [0.3, 0.4) is 0 Å². The fraction of sp³-hybridized carbons (Fsp3) is 0.842. The van der Waals surface area contributed by atoms with Crippen molar-refractivity contribution in [3.05, 3.63) is 17.5 Å². The first-order valence-electron chi connectivity index (χ1n) is 9.87. The molecule has 1 aromatic rings. The molecule has 3 heterocycles. The Kier molecular flexibility index (Phi) is 4.93. The highest BCUT2D eigenvalue weighted by Gasteiger charge is 2.36. The van der Waals surface area contributed by atoms with Gasteiger partial charge in [-0.3, -0.25) is 9.58 Å². The highest BCUT2D eigenvalue weighted by atomic mass is 16.5. The molecule has 1 aromatic heterocycles. The van der Waals surface area contributed by atoms with Crippen LogP contribution in [0.5, 0.6) is 0 Å². The van der Waals surface area contributed by atoms with E-state index in [9.17, 15) is 0 Å². The van der Waals surface area contributed by atoms with Crippen LogP contribution in [0.1, 0.15) is 56.3 Å². The molecule has 0 unspecified atom stereocenters. The summed E-state index contributed by atoms with van der Waals surface area (Å²) in [5.74, 6) is 0. The molecule has 5 nitrogen and oxygen atoms in total. The lowest BCUT2D eigenvalue weighted by molar-refractivity contribution is -0.105. The smallest absolute Gasteiger partial charge is 0.0755 e. The summed E-state index contributed by atoms with van der Waals surface area (Å²) < 4.78 is 8.33. The number of aromatic nitrogens is 2. The van der Waals surface area contributed by atoms with Crippen LogP contribution in [0, 0.1) is 6.92 Å². The zero-order valence-corrected chi connectivity index (χ0v) is 15.3. The molecule has 0 bridgehead atoms. The molecule has 2 saturated heterocycles. The number of piperidine rings is 1. The number of hydrogen-bond acceptors (Lipinski definition) is 4. The Morgan fingerprint density at radius 3 is 2.83 bits per heavy atom. The predicted octanol–water partition coefficient (Wildman–Crippen LogP) is 2.60. The van der Waals surface area contributed by atoms with Crippen molar-refractivity contribution >= 4 is 0 Å². The summed E-state index contributed by atoms with van der Waals surface area (Å²) in [5.41, 5.74) is 2.63. The van der Waals surface area contributed by atoms with Crippen molar-refractivity contribution in [1.82, 2.24) is 19.6 Å². The van der Waals surface area contributed by atoms with Gasteiger partial charge >= 0.3 is 0 Å². The molecule has 2 aliphatic heterocycles. The Labute approximate surface area is 145 Å². The molecule has 3 fully saturated rings. The van der Waals surface area contributed by atoms with Crippen LogP contribution in [-0.4, -0.2) is 64.5 Å². The summed E-state index contributed by atoms with van der Waals surface area (Å²) in [7, 11) is 0. The van der Waals surface area contributed by atoms with E-state index in [2.05, 4.69) is 34.5 Å². The molecule has 0 N–H and O–H groups in total. The third-order valence-electron chi connectivity index (χ3n) is 6.32. The maximum absolute atomic E-state index is 6.07. The summed E-state index contributed by atoms with van der Waals surface area (Å²) in [4.78, 5) is 5.22. The summed E-state index contributed by atoms with van der Waals surface area (Å²) in [5, 5.41) is 4.84. The van der Waals surface area contributed by atoms with E-state index in [1.54, 1.807) is 0 Å². The molecule has 1 aliphatic carbocycles. The molecule has 0 radical (unpaired) electrons. The average molecular weight is 332 g/mol. The highest BCUT2D eigenvalue weighted by Crippen LogP contribution is 2.30. The van der Waals surface area contributed by atoms with Crippen LogP contribution in [0.15, 0.2) is 6.20 Å². The van der Waals surface area contributed by atoms with Gasteiger partial charge in [-0.2, -0.15) is 5.10 Å². The monoisotopic (exact) mass is 332 g/mol. The van der Waals surface area contributed by atoms with E-state index in [1.807, 2.05) is 0 Å². The van der Waals surface area contributed by atoms with Crippen LogP contribution in [0.25, 0.3) is 0 Å². The average Bonchev–Trinajstić information content (AvgIpc) is 3.25. The van der Waals surface area contributed by atoms with E-state index in [0.29, 0.717) is 18.2 Å². The van der Waals surface area contributed by atoms with Crippen LogP contribution in [0.2, 0.25) is 0 Å². The molecule has 0 amide bonds. The molecule has 24 heavy (non-hydrogen) atoms. The molecule has 5 heteroatoms. The lowest BCUT2D eigenvalue weighted by atomic mass is 9.98. The Morgan fingerprint density at radius 1 is 1.21 bits per heavy atom. The minimum Gasteiger partial charge on any atom is -0.375 e. The van der Waals surface area contributed by atoms with Gasteiger partial charge in [0.2, 0.25) is 0 Å². The molecular weight excluding hydrogens is 300 g/mol. The van der Waals surface area contributed by atoms with Crippen molar-refractivity contribution in [2.45, 2.75) is 70.7 Å². The summed E-state index contributed by atoms with van der Waals surface area (Å²) in [6.07, 6.45) is 9.25. The Bertz CT molecular complexity index is 552. The second kappa shape index (κ2) is 7.14. The number of nitrogens with zero attached hydrogens (tertiary/aromatic N) is 4. The van der Waals surface area contributed by atoms with Crippen molar-refractivity contribution in [3.63, 3.8) is 0 Å². The van der Waals surface area contributed by atoms with Crippen LogP contribution in [-0.2, 0) is 11.3 Å². The number of likely N-dealkylation sites (tertiary alicyclic amines) is 1. The quantitative estimate of drug-likeness (QED) is 0.849. The molecule has 4 rings (SSSR count). The second-order valence-electron chi connectivity index (χ2n) is 7.79. The zero-order chi connectivity index (χ0) is 16.5. The zero-order valence-electron chi connectivity index (χ0n) is 15.3. The van der Waals surface area contributed by atoms with Gasteiger partial charge in [0, 0.05) is 44.0 Å². The summed E-state index contributed by atoms with van der Waals surface area (Å²) in [6, 6.07) is 1.18. The number of hydrogen-bond donors (Lipinski definition) is 0. The first kappa shape index (κ1) is 16.6. The lowest BCUT2D eigenvalue weighted by Gasteiger charge is -2.47. The Hall–Kier alpha value is -0.910. The van der Waals surface area contributed by atoms with Gasteiger partial charge < -0.3 is 9.64 Å². The predicted molar refractivity (Wildman–Crippen MR) is 95.1 cm³/mol. The topological polar surface area (TPSA) is 33.5 Å². The Morgan fingerprint density at radius 2 is 2.04 bits per heavy atom. The third-order valence-corrected chi connectivity index (χ3v) is 6.32. The van der Waals surface area contributed by atoms with E-state index in [4.69, 9.17) is 9.84 Å². The van der Waals surface area contributed by atoms with Gasteiger partial charge in [0.1, 0.15) is 0 Å². The second-order valence-corrected chi connectivity index (χ2v) is 7.79. The van der Waals surface area contributed by atoms with Gasteiger partial charge in [-0.25, -0.2) is 0 Å². The largest absolute Gasteiger partial charge is 0.375 e. The molecule has 2 atom stereocenters. The van der Waals surface area contributed by atoms with Gasteiger partial charge in [0.05, 0.1) is 24.4 Å². The normalized spacial score (nSPS) is 29.9. The van der Waals surface area contributed by atoms with Crippen molar-refractivity contribution in [2.24, 2.45) is 0 Å². The lowest BCUT2D eigenvalue weighted by Crippen LogP contribution is -2.59. The standard InChI is InChI=1S/C19H32N4O/c1-3-21-9-8-19-18(14-21)22(10-11-24-19)12-16-13-23(20-15(16)2)17-6-4-5-7-17/h13,17-19H,3-12,14H2,1-2H3/t18-,19+/m1/s1. The number of ether oxygens (including phenoxy) is 1. The molecule has 134 valence electrons. The minimum absolute atomic E-state index is 0.423. The van der Waals surface area contributed by atoms with Crippen molar-refractivity contribution < 1.29 is 4.74 Å². The molecule has 0 spiro atoms. The molecule has 1 saturated carbocycles. The van der Waals surface area contributed by atoms with E-state index in [1.165, 1.54) is 49.9 Å². The van der Waals surface area contributed by atoms with E-state index in [-0.39, 0.29) is 0 Å². The van der Waals surface area contributed by atoms with Gasteiger partial charge in [-0.15, -0.1) is 0 Å². The van der Waals surface area contributed by atoms with Gasteiger partial charge in [0.25, 0.3) is 0 Å². The maximum atomic E-state index is 6.07. The van der Waals surface area contributed by atoms with Crippen molar-refractivity contribution in [2.75, 3.05) is 32.8 Å². The van der Waals surface area contributed by atoms with Gasteiger partial charge in [-0.05, 0) is 32.7 Å². The SMILES string of the molecule is CCN1CC[C@@H]2OCCN(Cc3cn(C4CCCC4)nc3C)[C@@H]2C1. The number of rotatable bonds is 4.